The van der Waals surface area contributed by atoms with Gasteiger partial charge in [-0.05, 0) is 72.1 Å². The summed E-state index contributed by atoms with van der Waals surface area (Å²) in [5.41, 5.74) is 3.53. The van der Waals surface area contributed by atoms with Crippen LogP contribution in [0.25, 0.3) is 0 Å². The molecule has 0 aliphatic rings. The first-order chi connectivity index (χ1) is 14.4. The van der Waals surface area contributed by atoms with Gasteiger partial charge in [-0.3, -0.25) is 0 Å². The number of esters is 1. The number of H-pyrrole nitrogens is 1. The second-order valence-electron chi connectivity index (χ2n) is 6.79. The lowest BCUT2D eigenvalue weighted by Gasteiger charge is -2.23. The van der Waals surface area contributed by atoms with Gasteiger partial charge in [-0.1, -0.05) is 12.1 Å². The van der Waals surface area contributed by atoms with Gasteiger partial charge in [0.15, 0.2) is 0 Å². The summed E-state index contributed by atoms with van der Waals surface area (Å²) in [6, 6.07) is 10.7. The van der Waals surface area contributed by atoms with Gasteiger partial charge in [0.2, 0.25) is 0 Å². The molecule has 2 amide bonds. The van der Waals surface area contributed by atoms with E-state index in [-0.39, 0.29) is 12.6 Å². The van der Waals surface area contributed by atoms with Crippen LogP contribution in [0.2, 0.25) is 0 Å². The van der Waals surface area contributed by atoms with Crippen molar-refractivity contribution in [3.8, 4) is 0 Å². The summed E-state index contributed by atoms with van der Waals surface area (Å²) >= 11 is 3.45. The number of halogens is 1. The zero-order valence-electron chi connectivity index (χ0n) is 17.1. The van der Waals surface area contributed by atoms with E-state index in [1.54, 1.807) is 24.2 Å². The van der Waals surface area contributed by atoms with Crippen molar-refractivity contribution in [2.24, 2.45) is 0 Å². The zero-order chi connectivity index (χ0) is 21.7. The second-order valence-corrected chi connectivity index (χ2v) is 7.65. The number of furan rings is 1. The number of aryl methyl sites for hydroxylation is 1. The molecule has 2 heterocycles. The van der Waals surface area contributed by atoms with Crippen molar-refractivity contribution in [1.82, 2.24) is 9.88 Å². The highest BCUT2D eigenvalue weighted by Gasteiger charge is 2.23. The van der Waals surface area contributed by atoms with Crippen LogP contribution in [0.4, 0.5) is 10.5 Å². The molecule has 0 fully saturated rings. The van der Waals surface area contributed by atoms with Crippen LogP contribution in [0, 0.1) is 13.8 Å². The Morgan fingerprint density at radius 3 is 2.60 bits per heavy atom. The van der Waals surface area contributed by atoms with Crippen LogP contribution in [-0.2, 0) is 17.8 Å². The quantitative estimate of drug-likeness (QED) is 0.449. The van der Waals surface area contributed by atoms with Crippen LogP contribution in [0.15, 0.2) is 51.6 Å². The molecule has 0 spiro atoms. The summed E-state index contributed by atoms with van der Waals surface area (Å²) in [7, 11) is 0. The molecule has 0 aliphatic heterocycles. The minimum absolute atomic E-state index is 0.280. The largest absolute Gasteiger partial charge is 0.467 e. The Morgan fingerprint density at radius 1 is 1.17 bits per heavy atom. The van der Waals surface area contributed by atoms with Crippen molar-refractivity contribution >= 4 is 33.6 Å². The molecular formula is C22H24BrN3O4. The predicted molar refractivity (Wildman–Crippen MR) is 117 cm³/mol. The summed E-state index contributed by atoms with van der Waals surface area (Å²) in [6.07, 6.45) is 1.57. The first-order valence-corrected chi connectivity index (χ1v) is 10.4. The van der Waals surface area contributed by atoms with E-state index in [2.05, 4.69) is 26.2 Å². The van der Waals surface area contributed by atoms with Crippen LogP contribution in [-0.4, -0.2) is 28.5 Å². The number of urea groups is 1. The van der Waals surface area contributed by atoms with Crippen molar-refractivity contribution in [3.63, 3.8) is 0 Å². The highest BCUT2D eigenvalue weighted by atomic mass is 79.9. The van der Waals surface area contributed by atoms with E-state index >= 15 is 0 Å². The Labute approximate surface area is 183 Å². The number of para-hydroxylation sites is 1. The van der Waals surface area contributed by atoms with Gasteiger partial charge in [0.25, 0.3) is 0 Å². The second kappa shape index (κ2) is 9.67. The lowest BCUT2D eigenvalue weighted by molar-refractivity contribution is 0.0519. The number of aromatic nitrogens is 1. The van der Waals surface area contributed by atoms with Crippen LogP contribution >= 0.6 is 15.9 Å². The highest BCUT2D eigenvalue weighted by Crippen LogP contribution is 2.25. The number of anilines is 1. The van der Waals surface area contributed by atoms with E-state index in [9.17, 15) is 9.59 Å². The average Bonchev–Trinajstić information content (AvgIpc) is 3.32. The molecule has 30 heavy (non-hydrogen) atoms. The van der Waals surface area contributed by atoms with E-state index < -0.39 is 5.97 Å². The molecule has 0 bridgehead atoms. The lowest BCUT2D eigenvalue weighted by Crippen LogP contribution is -2.34. The van der Waals surface area contributed by atoms with Gasteiger partial charge in [0, 0.05) is 16.7 Å². The maximum atomic E-state index is 13.1. The molecule has 0 radical (unpaired) electrons. The van der Waals surface area contributed by atoms with Crippen molar-refractivity contribution in [1.29, 1.82) is 0 Å². The minimum atomic E-state index is -0.403. The molecule has 0 saturated heterocycles. The molecule has 0 saturated carbocycles. The zero-order valence-corrected chi connectivity index (χ0v) is 18.7. The van der Waals surface area contributed by atoms with Crippen LogP contribution in [0.5, 0.6) is 0 Å². The topological polar surface area (TPSA) is 87.6 Å². The van der Waals surface area contributed by atoms with Crippen LogP contribution in [0.1, 0.15) is 40.0 Å². The maximum absolute atomic E-state index is 13.1. The molecule has 158 valence electrons. The Balaban J connectivity index is 1.87. The smallest absolute Gasteiger partial charge is 0.355 e. The third-order valence-electron chi connectivity index (χ3n) is 4.75. The first kappa shape index (κ1) is 21.7. The molecule has 7 nitrogen and oxygen atoms in total. The average molecular weight is 474 g/mol. The maximum Gasteiger partial charge on any atom is 0.355 e. The van der Waals surface area contributed by atoms with Crippen molar-refractivity contribution in [2.75, 3.05) is 11.9 Å². The Bertz CT molecular complexity index is 1030. The number of benzene rings is 1. The van der Waals surface area contributed by atoms with Crippen molar-refractivity contribution in [2.45, 2.75) is 33.9 Å². The standard InChI is InChI=1S/C22H24BrN3O4/c1-4-29-21(27)20-14(2)17(15(3)24-20)13-26(12-16-8-7-11-30-16)22(28)25-19-10-6-5-9-18(19)23/h5-11,24H,4,12-13H2,1-3H3,(H,25,28). The van der Waals surface area contributed by atoms with E-state index in [4.69, 9.17) is 9.15 Å². The fourth-order valence-corrected chi connectivity index (χ4v) is 3.56. The van der Waals surface area contributed by atoms with Gasteiger partial charge < -0.3 is 24.4 Å². The molecule has 0 aliphatic carbocycles. The molecule has 2 N–H and O–H groups in total. The molecule has 3 aromatic rings. The summed E-state index contributed by atoms with van der Waals surface area (Å²) in [5, 5.41) is 2.93. The summed E-state index contributed by atoms with van der Waals surface area (Å²) in [4.78, 5) is 30.1. The molecule has 0 atom stereocenters. The molecular weight excluding hydrogens is 450 g/mol. The Hall–Kier alpha value is -3.00. The van der Waals surface area contributed by atoms with Gasteiger partial charge in [-0.15, -0.1) is 0 Å². The number of hydrogen-bond acceptors (Lipinski definition) is 4. The minimum Gasteiger partial charge on any atom is -0.467 e. The third-order valence-corrected chi connectivity index (χ3v) is 5.44. The Kier molecular flexibility index (Phi) is 6.99. The van der Waals surface area contributed by atoms with Gasteiger partial charge in [-0.2, -0.15) is 0 Å². The monoisotopic (exact) mass is 473 g/mol. The Morgan fingerprint density at radius 2 is 1.93 bits per heavy atom. The number of carbonyl (C=O) groups excluding carboxylic acids is 2. The summed E-state index contributed by atoms with van der Waals surface area (Å²) in [5.74, 6) is 0.258. The molecule has 8 heteroatoms. The van der Waals surface area contributed by atoms with Crippen LogP contribution in [0.3, 0.4) is 0 Å². The van der Waals surface area contributed by atoms with Crippen molar-refractivity contribution in [3.05, 3.63) is 75.4 Å². The van der Waals surface area contributed by atoms with Gasteiger partial charge in [0.1, 0.15) is 11.5 Å². The van der Waals surface area contributed by atoms with Gasteiger partial charge >= 0.3 is 12.0 Å². The molecule has 3 rings (SSSR count). The van der Waals surface area contributed by atoms with E-state index in [1.807, 2.05) is 44.2 Å². The number of ether oxygens (including phenoxy) is 1. The predicted octanol–water partition coefficient (Wildman–Crippen LogP) is 5.40. The number of amides is 2. The number of rotatable bonds is 7. The number of hydrogen-bond donors (Lipinski definition) is 2. The lowest BCUT2D eigenvalue weighted by atomic mass is 10.1. The first-order valence-electron chi connectivity index (χ1n) is 9.58. The van der Waals surface area contributed by atoms with Crippen LogP contribution < -0.4 is 5.32 Å². The fraction of sp³-hybridized carbons (Fsp3) is 0.273. The van der Waals surface area contributed by atoms with E-state index in [0.717, 1.165) is 21.3 Å². The molecule has 0 unspecified atom stereocenters. The van der Waals surface area contributed by atoms with Gasteiger partial charge in [0.05, 0.1) is 25.1 Å². The number of nitrogens with zero attached hydrogens (tertiary/aromatic N) is 1. The van der Waals surface area contributed by atoms with E-state index in [1.165, 1.54) is 0 Å². The number of nitrogens with one attached hydrogen (secondary N) is 2. The van der Waals surface area contributed by atoms with Crippen molar-refractivity contribution < 1.29 is 18.7 Å². The van der Waals surface area contributed by atoms with Gasteiger partial charge in [-0.25, -0.2) is 9.59 Å². The SMILES string of the molecule is CCOC(=O)c1[nH]c(C)c(CN(Cc2ccco2)C(=O)Nc2ccccc2Br)c1C. The van der Waals surface area contributed by atoms with E-state index in [0.29, 0.717) is 30.3 Å². The molecule has 2 aromatic heterocycles. The third kappa shape index (κ3) is 4.94. The summed E-state index contributed by atoms with van der Waals surface area (Å²) < 4.78 is 11.4. The molecule has 1 aromatic carbocycles. The highest BCUT2D eigenvalue weighted by molar-refractivity contribution is 9.10. The summed E-state index contributed by atoms with van der Waals surface area (Å²) in [6.45, 7) is 6.36. The number of carbonyl (C=O) groups is 2. The fourth-order valence-electron chi connectivity index (χ4n) is 3.17. The number of aromatic amines is 1. The normalized spacial score (nSPS) is 10.7.